The second-order valence-corrected chi connectivity index (χ2v) is 8.38. The Kier molecular flexibility index (Phi) is 11.9. The van der Waals surface area contributed by atoms with Crippen LogP contribution in [0.25, 0.3) is 0 Å². The third-order valence-electron chi connectivity index (χ3n) is 5.86. The molecule has 0 bridgehead atoms. The van der Waals surface area contributed by atoms with Crippen LogP contribution in [0.1, 0.15) is 61.8 Å². The Morgan fingerprint density at radius 3 is 2.64 bits per heavy atom. The molecule has 1 aromatic heterocycles. The first-order valence-electron chi connectivity index (χ1n) is 11.8. The third kappa shape index (κ3) is 8.77. The normalized spacial score (nSPS) is 14.6. The molecule has 184 valence electrons. The van der Waals surface area contributed by atoms with Gasteiger partial charge in [0.15, 0.2) is 11.8 Å². The van der Waals surface area contributed by atoms with Crippen LogP contribution < -0.4 is 15.4 Å². The molecular weight excluding hydrogens is 531 g/mol. The molecule has 2 aromatic rings. The lowest BCUT2D eigenvalue weighted by Gasteiger charge is -2.25. The number of nitrogens with one attached hydrogen (secondary N) is 2. The Morgan fingerprint density at radius 1 is 1.15 bits per heavy atom. The fourth-order valence-corrected chi connectivity index (χ4v) is 3.81. The molecule has 3 rings (SSSR count). The van der Waals surface area contributed by atoms with E-state index in [0.29, 0.717) is 39.0 Å². The zero-order chi connectivity index (χ0) is 22.8. The molecule has 1 aliphatic rings. The van der Waals surface area contributed by atoms with Crippen LogP contribution in [0, 0.1) is 13.8 Å². The van der Waals surface area contributed by atoms with Gasteiger partial charge in [-0.25, -0.2) is 4.99 Å². The molecule has 0 atom stereocenters. The summed E-state index contributed by atoms with van der Waals surface area (Å²) in [5, 5.41) is 15.5. The first-order valence-corrected chi connectivity index (χ1v) is 11.8. The summed E-state index contributed by atoms with van der Waals surface area (Å²) in [5.41, 5.74) is 2.23. The van der Waals surface area contributed by atoms with E-state index in [-0.39, 0.29) is 24.0 Å². The second-order valence-electron chi connectivity index (χ2n) is 8.38. The van der Waals surface area contributed by atoms with Crippen molar-refractivity contribution >= 4 is 29.9 Å². The lowest BCUT2D eigenvalue weighted by atomic mass is 9.96. The number of nitrogens with zero attached hydrogens (tertiary/aromatic N) is 4. The minimum atomic E-state index is 0. The van der Waals surface area contributed by atoms with Crippen molar-refractivity contribution in [1.29, 1.82) is 0 Å². The van der Waals surface area contributed by atoms with Gasteiger partial charge in [-0.2, -0.15) is 0 Å². The van der Waals surface area contributed by atoms with Crippen LogP contribution in [0.2, 0.25) is 0 Å². The van der Waals surface area contributed by atoms with Crippen LogP contribution in [-0.4, -0.2) is 46.6 Å². The molecule has 1 aromatic carbocycles. The Hall–Kier alpha value is -1.88. The number of rotatable bonds is 10. The van der Waals surface area contributed by atoms with Crippen molar-refractivity contribution in [2.45, 2.75) is 72.0 Å². The van der Waals surface area contributed by atoms with E-state index < -0.39 is 0 Å². The summed E-state index contributed by atoms with van der Waals surface area (Å²) in [7, 11) is 1.98. The lowest BCUT2D eigenvalue weighted by Crippen LogP contribution is -2.44. The van der Waals surface area contributed by atoms with E-state index in [1.54, 1.807) is 0 Å². The number of benzene rings is 1. The number of aliphatic imine (C=N–C) groups is 1. The number of halogens is 1. The molecular formula is C24H39IN6O2. The van der Waals surface area contributed by atoms with Crippen LogP contribution >= 0.6 is 24.0 Å². The maximum Gasteiger partial charge on any atom is 0.192 e. The van der Waals surface area contributed by atoms with Crippen LogP contribution in [0.3, 0.4) is 0 Å². The van der Waals surface area contributed by atoms with E-state index in [0.717, 1.165) is 28.9 Å². The molecule has 0 aliphatic heterocycles. The van der Waals surface area contributed by atoms with Gasteiger partial charge >= 0.3 is 0 Å². The predicted molar refractivity (Wildman–Crippen MR) is 142 cm³/mol. The van der Waals surface area contributed by atoms with Crippen LogP contribution in [-0.2, 0) is 24.9 Å². The molecule has 0 unspecified atom stereocenters. The summed E-state index contributed by atoms with van der Waals surface area (Å²) in [6.45, 7) is 8.93. The number of aryl methyl sites for hydroxylation is 2. The Bertz CT molecular complexity index is 880. The summed E-state index contributed by atoms with van der Waals surface area (Å²) >= 11 is 0. The van der Waals surface area contributed by atoms with Crippen molar-refractivity contribution in [2.75, 3.05) is 19.8 Å². The molecule has 1 heterocycles. The molecule has 1 saturated carbocycles. The highest BCUT2D eigenvalue weighted by Gasteiger charge is 2.16. The van der Waals surface area contributed by atoms with Crippen LogP contribution in [0.5, 0.6) is 5.75 Å². The topological polar surface area (TPSA) is 85.6 Å². The number of ether oxygens (including phenoxy) is 2. The van der Waals surface area contributed by atoms with E-state index >= 15 is 0 Å². The quantitative estimate of drug-likeness (QED) is 0.194. The van der Waals surface area contributed by atoms with Gasteiger partial charge in [0.05, 0.1) is 19.7 Å². The zero-order valence-corrected chi connectivity index (χ0v) is 22.7. The summed E-state index contributed by atoms with van der Waals surface area (Å²) < 4.78 is 13.4. The number of aromatic nitrogens is 3. The fourth-order valence-electron chi connectivity index (χ4n) is 3.81. The monoisotopic (exact) mass is 570 g/mol. The number of guanidine groups is 1. The smallest absolute Gasteiger partial charge is 0.192 e. The zero-order valence-electron chi connectivity index (χ0n) is 20.4. The Balaban J connectivity index is 0.00000385. The van der Waals surface area contributed by atoms with Gasteiger partial charge < -0.3 is 24.7 Å². The Morgan fingerprint density at radius 2 is 1.94 bits per heavy atom. The van der Waals surface area contributed by atoms with Gasteiger partial charge in [-0.05, 0) is 45.2 Å². The minimum Gasteiger partial charge on any atom is -0.491 e. The third-order valence-corrected chi connectivity index (χ3v) is 5.86. The molecule has 1 fully saturated rings. The Labute approximate surface area is 215 Å². The maximum absolute atomic E-state index is 5.99. The van der Waals surface area contributed by atoms with Gasteiger partial charge in [-0.15, -0.1) is 34.2 Å². The molecule has 0 saturated heterocycles. The highest BCUT2D eigenvalue weighted by atomic mass is 127. The van der Waals surface area contributed by atoms with Gasteiger partial charge in [0, 0.05) is 25.3 Å². The van der Waals surface area contributed by atoms with E-state index in [2.05, 4.69) is 46.0 Å². The van der Waals surface area contributed by atoms with Crippen molar-refractivity contribution in [2.24, 2.45) is 12.0 Å². The van der Waals surface area contributed by atoms with Crippen molar-refractivity contribution in [3.8, 4) is 5.75 Å². The number of hydrogen-bond donors (Lipinski definition) is 2. The predicted octanol–water partition coefficient (Wildman–Crippen LogP) is 4.03. The molecule has 0 amide bonds. The first kappa shape index (κ1) is 27.4. The average Bonchev–Trinajstić information content (AvgIpc) is 3.12. The van der Waals surface area contributed by atoms with Gasteiger partial charge in [0.25, 0.3) is 0 Å². The minimum absolute atomic E-state index is 0. The van der Waals surface area contributed by atoms with E-state index in [1.165, 1.54) is 37.7 Å². The number of hydrogen-bond acceptors (Lipinski definition) is 5. The van der Waals surface area contributed by atoms with Gasteiger partial charge in [-0.3, -0.25) is 0 Å². The molecule has 1 aliphatic carbocycles. The molecule has 33 heavy (non-hydrogen) atoms. The van der Waals surface area contributed by atoms with E-state index in [4.69, 9.17) is 14.5 Å². The van der Waals surface area contributed by atoms with Crippen molar-refractivity contribution in [1.82, 2.24) is 25.4 Å². The lowest BCUT2D eigenvalue weighted by molar-refractivity contribution is 0.110. The highest BCUT2D eigenvalue weighted by molar-refractivity contribution is 14.0. The van der Waals surface area contributed by atoms with E-state index in [1.807, 2.05) is 25.5 Å². The van der Waals surface area contributed by atoms with Crippen LogP contribution in [0.4, 0.5) is 0 Å². The largest absolute Gasteiger partial charge is 0.491 e. The van der Waals surface area contributed by atoms with Gasteiger partial charge in [0.1, 0.15) is 18.2 Å². The van der Waals surface area contributed by atoms with Crippen molar-refractivity contribution in [3.63, 3.8) is 0 Å². The first-order chi connectivity index (χ1) is 15.6. The van der Waals surface area contributed by atoms with Crippen LogP contribution in [0.15, 0.2) is 23.2 Å². The molecule has 0 radical (unpaired) electrons. The summed E-state index contributed by atoms with van der Waals surface area (Å²) in [6.07, 6.45) is 6.22. The van der Waals surface area contributed by atoms with Crippen molar-refractivity contribution < 1.29 is 9.47 Å². The van der Waals surface area contributed by atoms with Gasteiger partial charge in [0.2, 0.25) is 0 Å². The molecule has 9 heteroatoms. The average molecular weight is 571 g/mol. The second kappa shape index (κ2) is 14.4. The van der Waals surface area contributed by atoms with Crippen molar-refractivity contribution in [3.05, 3.63) is 41.0 Å². The standard InChI is InChI=1S/C24H38N6O2.HI/c1-5-31-13-14-32-22-15-18(2)11-12-20(22)16-25-24(27-21-9-7-6-8-10-21)26-17-23-29-28-19(3)30(23)4;/h11-12,15,21H,5-10,13-14,16-17H2,1-4H3,(H2,25,26,27);1H. The SMILES string of the molecule is CCOCCOc1cc(C)ccc1CN=C(NCc1nnc(C)n1C)NC1CCCCC1.I. The van der Waals surface area contributed by atoms with E-state index in [9.17, 15) is 0 Å². The molecule has 2 N–H and O–H groups in total. The molecule has 0 spiro atoms. The summed E-state index contributed by atoms with van der Waals surface area (Å²) in [4.78, 5) is 4.90. The summed E-state index contributed by atoms with van der Waals surface area (Å²) in [6, 6.07) is 6.72. The van der Waals surface area contributed by atoms with Gasteiger partial charge in [-0.1, -0.05) is 31.4 Å². The fraction of sp³-hybridized carbons (Fsp3) is 0.625. The maximum atomic E-state index is 5.99. The molecule has 8 nitrogen and oxygen atoms in total. The summed E-state index contributed by atoms with van der Waals surface area (Å²) in [5.74, 6) is 3.46. The highest BCUT2D eigenvalue weighted by Crippen LogP contribution is 2.22.